The Morgan fingerprint density at radius 3 is 2.71 bits per heavy atom. The molecule has 0 saturated carbocycles. The summed E-state index contributed by atoms with van der Waals surface area (Å²) < 4.78 is 11.2. The highest BCUT2D eigenvalue weighted by Crippen LogP contribution is 2.34. The van der Waals surface area contributed by atoms with Crippen molar-refractivity contribution >= 4 is 17.2 Å². The van der Waals surface area contributed by atoms with E-state index in [1.165, 1.54) is 0 Å². The monoisotopic (exact) mass is 427 g/mol. The molecule has 0 radical (unpaired) electrons. The lowest BCUT2D eigenvalue weighted by Crippen LogP contribution is -2.37. The predicted octanol–water partition coefficient (Wildman–Crippen LogP) is 2.49. The number of nitrogens with zero attached hydrogens (tertiary/aromatic N) is 2. The average Bonchev–Trinajstić information content (AvgIpc) is 2.77. The van der Waals surface area contributed by atoms with Crippen LogP contribution in [0.4, 0.5) is 11.5 Å². The minimum Gasteiger partial charge on any atom is -0.491 e. The van der Waals surface area contributed by atoms with Crippen LogP contribution in [0.5, 0.6) is 5.75 Å². The topological polar surface area (TPSA) is 117 Å². The lowest BCUT2D eigenvalue weighted by Gasteiger charge is -2.32. The van der Waals surface area contributed by atoms with Crippen LogP contribution in [0.15, 0.2) is 30.3 Å². The smallest absolute Gasteiger partial charge is 0.138 e. The van der Waals surface area contributed by atoms with Crippen molar-refractivity contribution in [1.82, 2.24) is 4.98 Å². The molecule has 8 heteroatoms. The van der Waals surface area contributed by atoms with E-state index in [1.54, 1.807) is 6.92 Å². The third-order valence-corrected chi connectivity index (χ3v) is 5.00. The Labute approximate surface area is 183 Å². The molecule has 1 aromatic carbocycles. The molecule has 1 fully saturated rings. The maximum absolute atomic E-state index is 9.68. The summed E-state index contributed by atoms with van der Waals surface area (Å²) in [6, 6.07) is 9.85. The van der Waals surface area contributed by atoms with Gasteiger partial charge in [-0.15, -0.1) is 0 Å². The molecule has 168 valence electrons. The Morgan fingerprint density at radius 2 is 2.06 bits per heavy atom. The molecule has 8 nitrogen and oxygen atoms in total. The number of anilines is 2. The number of aromatic nitrogens is 1. The van der Waals surface area contributed by atoms with E-state index in [9.17, 15) is 5.11 Å². The molecule has 0 aliphatic carbocycles. The van der Waals surface area contributed by atoms with Crippen LogP contribution in [-0.2, 0) is 4.74 Å². The molecule has 0 amide bonds. The van der Waals surface area contributed by atoms with Gasteiger partial charge in [0.05, 0.1) is 30.2 Å². The van der Waals surface area contributed by atoms with Gasteiger partial charge in [-0.25, -0.2) is 4.98 Å². The molecule has 1 saturated heterocycles. The van der Waals surface area contributed by atoms with E-state index >= 15 is 0 Å². The van der Waals surface area contributed by atoms with E-state index in [0.29, 0.717) is 30.5 Å². The highest BCUT2D eigenvalue weighted by molar-refractivity contribution is 6.06. The summed E-state index contributed by atoms with van der Waals surface area (Å²) in [5.74, 6) is 1.34. The fraction of sp³-hybridized carbons (Fsp3) is 0.478. The Balaban J connectivity index is 2.04. The van der Waals surface area contributed by atoms with Crippen LogP contribution in [0.2, 0.25) is 0 Å². The zero-order chi connectivity index (χ0) is 22.4. The predicted molar refractivity (Wildman–Crippen MR) is 125 cm³/mol. The molecule has 0 bridgehead atoms. The third-order valence-electron chi connectivity index (χ3n) is 5.00. The molecular weight excluding hydrogens is 394 g/mol. The van der Waals surface area contributed by atoms with Crippen molar-refractivity contribution in [2.24, 2.45) is 5.73 Å². The van der Waals surface area contributed by atoms with Crippen LogP contribution in [0.1, 0.15) is 26.3 Å². The Morgan fingerprint density at radius 1 is 1.32 bits per heavy atom. The normalized spacial score (nSPS) is 15.1. The van der Waals surface area contributed by atoms with Crippen LogP contribution in [0.25, 0.3) is 11.3 Å². The zero-order valence-corrected chi connectivity index (χ0v) is 18.5. The molecule has 3 rings (SSSR count). The SMILES string of the molecule is CC(=N)c1c(N2CCOCC2)cc(-c2cccc(OCC(O)CN)c2)nc1NC(C)C. The number of pyridine rings is 1. The van der Waals surface area contributed by atoms with Crippen molar-refractivity contribution < 1.29 is 14.6 Å². The van der Waals surface area contributed by atoms with Crippen molar-refractivity contribution in [1.29, 1.82) is 5.41 Å². The van der Waals surface area contributed by atoms with Crippen LogP contribution in [0.3, 0.4) is 0 Å². The van der Waals surface area contributed by atoms with Gasteiger partial charge >= 0.3 is 0 Å². The molecule has 1 atom stereocenters. The molecule has 1 unspecified atom stereocenters. The van der Waals surface area contributed by atoms with E-state index < -0.39 is 6.10 Å². The summed E-state index contributed by atoms with van der Waals surface area (Å²) in [6.07, 6.45) is -0.702. The number of rotatable bonds is 9. The summed E-state index contributed by atoms with van der Waals surface area (Å²) in [6.45, 7) is 9.06. The highest BCUT2D eigenvalue weighted by Gasteiger charge is 2.22. The number of benzene rings is 1. The number of nitrogens with one attached hydrogen (secondary N) is 2. The second-order valence-electron chi connectivity index (χ2n) is 8.00. The highest BCUT2D eigenvalue weighted by atomic mass is 16.5. The van der Waals surface area contributed by atoms with Gasteiger partial charge in [0.1, 0.15) is 24.3 Å². The Bertz CT molecular complexity index is 897. The van der Waals surface area contributed by atoms with Crippen molar-refractivity contribution in [2.75, 3.05) is 49.7 Å². The van der Waals surface area contributed by atoms with Gasteiger partial charge < -0.3 is 35.9 Å². The van der Waals surface area contributed by atoms with E-state index in [4.69, 9.17) is 25.6 Å². The molecule has 1 aliphatic rings. The molecule has 1 aromatic heterocycles. The fourth-order valence-electron chi connectivity index (χ4n) is 3.49. The first-order valence-electron chi connectivity index (χ1n) is 10.7. The molecular formula is C23H33N5O3. The molecule has 2 aromatic rings. The van der Waals surface area contributed by atoms with Crippen LogP contribution < -0.4 is 20.7 Å². The average molecular weight is 428 g/mol. The van der Waals surface area contributed by atoms with Gasteiger partial charge in [-0.1, -0.05) is 12.1 Å². The summed E-state index contributed by atoms with van der Waals surface area (Å²) in [5, 5.41) is 21.5. The van der Waals surface area contributed by atoms with E-state index in [1.807, 2.05) is 30.3 Å². The first-order valence-corrected chi connectivity index (χ1v) is 10.7. The maximum Gasteiger partial charge on any atom is 0.138 e. The molecule has 31 heavy (non-hydrogen) atoms. The molecule has 2 heterocycles. The van der Waals surface area contributed by atoms with Gasteiger partial charge in [0, 0.05) is 37.0 Å². The number of aliphatic hydroxyl groups is 1. The Kier molecular flexibility index (Phi) is 7.84. The Hall–Kier alpha value is -2.68. The minimum atomic E-state index is -0.702. The molecule has 0 spiro atoms. The van der Waals surface area contributed by atoms with Gasteiger partial charge in [0.25, 0.3) is 0 Å². The summed E-state index contributed by atoms with van der Waals surface area (Å²) >= 11 is 0. The van der Waals surface area contributed by atoms with Gasteiger partial charge in [-0.05, 0) is 39.0 Å². The quantitative estimate of drug-likeness (QED) is 0.454. The van der Waals surface area contributed by atoms with E-state index in [-0.39, 0.29) is 19.2 Å². The lowest BCUT2D eigenvalue weighted by molar-refractivity contribution is 0.114. The molecule has 1 aliphatic heterocycles. The summed E-state index contributed by atoms with van der Waals surface area (Å²) in [5.41, 5.74) is 9.42. The number of aliphatic hydroxyl groups excluding tert-OH is 1. The fourth-order valence-corrected chi connectivity index (χ4v) is 3.49. The number of ether oxygens (including phenoxy) is 2. The van der Waals surface area contributed by atoms with Crippen LogP contribution in [-0.4, -0.2) is 67.4 Å². The van der Waals surface area contributed by atoms with Crippen LogP contribution >= 0.6 is 0 Å². The largest absolute Gasteiger partial charge is 0.491 e. The minimum absolute atomic E-state index is 0.137. The maximum atomic E-state index is 9.68. The van der Waals surface area contributed by atoms with Crippen LogP contribution in [0, 0.1) is 5.41 Å². The molecule has 5 N–H and O–H groups in total. The number of morpholine rings is 1. The van der Waals surface area contributed by atoms with Crippen molar-refractivity contribution in [3.63, 3.8) is 0 Å². The van der Waals surface area contributed by atoms with E-state index in [0.717, 1.165) is 35.6 Å². The second kappa shape index (κ2) is 10.6. The van der Waals surface area contributed by atoms with Crippen molar-refractivity contribution in [3.05, 3.63) is 35.9 Å². The van der Waals surface area contributed by atoms with Gasteiger partial charge in [-0.3, -0.25) is 0 Å². The van der Waals surface area contributed by atoms with Gasteiger partial charge in [-0.2, -0.15) is 0 Å². The number of hydrogen-bond donors (Lipinski definition) is 4. The number of nitrogens with two attached hydrogens (primary N) is 1. The van der Waals surface area contributed by atoms with E-state index in [2.05, 4.69) is 24.1 Å². The first-order chi connectivity index (χ1) is 14.9. The van der Waals surface area contributed by atoms with Crippen molar-refractivity contribution in [2.45, 2.75) is 32.9 Å². The van der Waals surface area contributed by atoms with Gasteiger partial charge in [0.15, 0.2) is 0 Å². The lowest BCUT2D eigenvalue weighted by atomic mass is 10.0. The van der Waals surface area contributed by atoms with Gasteiger partial charge in [0.2, 0.25) is 0 Å². The standard InChI is InChI=1S/C23H33N5O3/c1-15(2)26-23-22(16(3)25)21(28-7-9-30-10-8-28)12-20(27-23)17-5-4-6-19(11-17)31-14-18(29)13-24/h4-6,11-12,15,18,25,29H,7-10,13-14,24H2,1-3H3,(H,26,27). The third kappa shape index (κ3) is 5.94. The zero-order valence-electron chi connectivity index (χ0n) is 18.5. The second-order valence-corrected chi connectivity index (χ2v) is 8.00. The summed E-state index contributed by atoms with van der Waals surface area (Å²) in [4.78, 5) is 7.13. The van der Waals surface area contributed by atoms with Crippen molar-refractivity contribution in [3.8, 4) is 17.0 Å². The first kappa shape index (κ1) is 23.0. The number of hydrogen-bond acceptors (Lipinski definition) is 8. The summed E-state index contributed by atoms with van der Waals surface area (Å²) in [7, 11) is 0.